The van der Waals surface area contributed by atoms with Gasteiger partial charge in [-0.1, -0.05) is 20.8 Å². The number of aryl methyl sites for hydroxylation is 2. The average molecular weight is 223 g/mol. The Bertz CT molecular complexity index is 304. The third-order valence-corrected chi connectivity index (χ3v) is 3.01. The topological polar surface area (TPSA) is 29.9 Å². The summed E-state index contributed by atoms with van der Waals surface area (Å²) in [7, 11) is 2.05. The molecule has 0 aliphatic heterocycles. The fourth-order valence-electron chi connectivity index (χ4n) is 1.92. The summed E-state index contributed by atoms with van der Waals surface area (Å²) in [5.74, 6) is 0.721. The molecule has 1 unspecified atom stereocenters. The van der Waals surface area contributed by atoms with Gasteiger partial charge in [-0.2, -0.15) is 5.10 Å². The van der Waals surface area contributed by atoms with Crippen LogP contribution in [0.1, 0.15) is 38.6 Å². The van der Waals surface area contributed by atoms with Crippen molar-refractivity contribution in [2.24, 2.45) is 13.0 Å². The van der Waals surface area contributed by atoms with Crippen LogP contribution in [0, 0.1) is 5.92 Å². The first-order valence-corrected chi connectivity index (χ1v) is 6.39. The van der Waals surface area contributed by atoms with Crippen molar-refractivity contribution in [2.75, 3.05) is 13.1 Å². The van der Waals surface area contributed by atoms with Gasteiger partial charge in [0.1, 0.15) is 0 Å². The zero-order valence-corrected chi connectivity index (χ0v) is 11.1. The Kier molecular flexibility index (Phi) is 5.53. The van der Waals surface area contributed by atoms with Gasteiger partial charge in [-0.15, -0.1) is 0 Å². The molecule has 0 aromatic carbocycles. The first-order chi connectivity index (χ1) is 7.67. The summed E-state index contributed by atoms with van der Waals surface area (Å²) in [6, 6.07) is 2.24. The second-order valence-corrected chi connectivity index (χ2v) is 4.56. The standard InChI is InChI=1S/C13H25N3/c1-5-12-10-13(16(4)15-12)9-11(3)7-8-14-6-2/h10-11,14H,5-9H2,1-4H3. The number of hydrogen-bond acceptors (Lipinski definition) is 2. The molecule has 1 heterocycles. The van der Waals surface area contributed by atoms with Crippen molar-refractivity contribution in [3.05, 3.63) is 17.5 Å². The number of aromatic nitrogens is 2. The fraction of sp³-hybridized carbons (Fsp3) is 0.769. The lowest BCUT2D eigenvalue weighted by molar-refractivity contribution is 0.488. The Morgan fingerprint density at radius 2 is 2.19 bits per heavy atom. The van der Waals surface area contributed by atoms with E-state index in [0.29, 0.717) is 0 Å². The van der Waals surface area contributed by atoms with Crippen LogP contribution >= 0.6 is 0 Å². The second kappa shape index (κ2) is 6.69. The Morgan fingerprint density at radius 3 is 2.75 bits per heavy atom. The van der Waals surface area contributed by atoms with Gasteiger partial charge in [-0.25, -0.2) is 0 Å². The molecule has 0 aliphatic carbocycles. The third-order valence-electron chi connectivity index (χ3n) is 3.01. The number of hydrogen-bond donors (Lipinski definition) is 1. The van der Waals surface area contributed by atoms with Crippen LogP contribution in [0.4, 0.5) is 0 Å². The smallest absolute Gasteiger partial charge is 0.0624 e. The maximum atomic E-state index is 4.48. The SMILES string of the molecule is CCNCCC(C)Cc1cc(CC)nn1C. The van der Waals surface area contributed by atoms with Crippen molar-refractivity contribution in [3.63, 3.8) is 0 Å². The highest BCUT2D eigenvalue weighted by molar-refractivity contribution is 5.10. The van der Waals surface area contributed by atoms with Gasteiger partial charge >= 0.3 is 0 Å². The average Bonchev–Trinajstić information content (AvgIpc) is 2.60. The molecule has 16 heavy (non-hydrogen) atoms. The molecule has 1 aromatic rings. The van der Waals surface area contributed by atoms with Crippen LogP contribution in [0.2, 0.25) is 0 Å². The number of nitrogens with one attached hydrogen (secondary N) is 1. The molecule has 0 fully saturated rings. The van der Waals surface area contributed by atoms with E-state index in [-0.39, 0.29) is 0 Å². The lowest BCUT2D eigenvalue weighted by atomic mass is 10.0. The first-order valence-electron chi connectivity index (χ1n) is 6.39. The highest BCUT2D eigenvalue weighted by atomic mass is 15.3. The van der Waals surface area contributed by atoms with Gasteiger partial charge in [0, 0.05) is 12.7 Å². The molecule has 0 radical (unpaired) electrons. The van der Waals surface area contributed by atoms with Crippen LogP contribution in [-0.2, 0) is 19.9 Å². The van der Waals surface area contributed by atoms with Crippen molar-refractivity contribution in [1.29, 1.82) is 0 Å². The van der Waals surface area contributed by atoms with Gasteiger partial charge in [0.05, 0.1) is 5.69 Å². The molecule has 3 heteroatoms. The highest BCUT2D eigenvalue weighted by Gasteiger charge is 2.08. The maximum absolute atomic E-state index is 4.48. The number of nitrogens with zero attached hydrogens (tertiary/aromatic N) is 2. The molecular formula is C13H25N3. The summed E-state index contributed by atoms with van der Waals surface area (Å²) in [4.78, 5) is 0. The fourth-order valence-corrected chi connectivity index (χ4v) is 1.92. The van der Waals surface area contributed by atoms with Crippen molar-refractivity contribution in [3.8, 4) is 0 Å². The minimum atomic E-state index is 0.721. The van der Waals surface area contributed by atoms with Gasteiger partial charge in [0.15, 0.2) is 0 Å². The monoisotopic (exact) mass is 223 g/mol. The molecule has 1 aromatic heterocycles. The molecule has 1 N–H and O–H groups in total. The lowest BCUT2D eigenvalue weighted by Gasteiger charge is -2.11. The van der Waals surface area contributed by atoms with Crippen molar-refractivity contribution in [1.82, 2.24) is 15.1 Å². The van der Waals surface area contributed by atoms with Crippen LogP contribution in [-0.4, -0.2) is 22.9 Å². The summed E-state index contributed by atoms with van der Waals surface area (Å²) in [6.07, 6.45) is 3.40. The number of rotatable bonds is 7. The zero-order chi connectivity index (χ0) is 12.0. The normalized spacial score (nSPS) is 13.0. The van der Waals surface area contributed by atoms with Crippen molar-refractivity contribution >= 4 is 0 Å². The van der Waals surface area contributed by atoms with Crippen LogP contribution in [0.5, 0.6) is 0 Å². The van der Waals surface area contributed by atoms with E-state index in [1.54, 1.807) is 0 Å². The van der Waals surface area contributed by atoms with E-state index in [2.05, 4.69) is 37.3 Å². The predicted molar refractivity (Wildman–Crippen MR) is 68.6 cm³/mol. The molecule has 92 valence electrons. The van der Waals surface area contributed by atoms with Crippen molar-refractivity contribution in [2.45, 2.75) is 40.0 Å². The molecule has 0 spiro atoms. The van der Waals surface area contributed by atoms with Crippen LogP contribution in [0.25, 0.3) is 0 Å². The van der Waals surface area contributed by atoms with Crippen LogP contribution < -0.4 is 5.32 Å². The summed E-state index contributed by atoms with van der Waals surface area (Å²) in [5.41, 5.74) is 2.57. The van der Waals surface area contributed by atoms with E-state index >= 15 is 0 Å². The Labute approximate surface area is 99.2 Å². The van der Waals surface area contributed by atoms with E-state index in [9.17, 15) is 0 Å². The highest BCUT2D eigenvalue weighted by Crippen LogP contribution is 2.12. The lowest BCUT2D eigenvalue weighted by Crippen LogP contribution is -2.17. The molecule has 0 saturated carbocycles. The van der Waals surface area contributed by atoms with Gasteiger partial charge in [0.2, 0.25) is 0 Å². The zero-order valence-electron chi connectivity index (χ0n) is 11.1. The predicted octanol–water partition coefficient (Wildman–Crippen LogP) is 2.16. The summed E-state index contributed by atoms with van der Waals surface area (Å²) >= 11 is 0. The molecule has 0 aliphatic rings. The van der Waals surface area contributed by atoms with Crippen LogP contribution in [0.15, 0.2) is 6.07 Å². The molecule has 0 amide bonds. The quantitative estimate of drug-likeness (QED) is 0.718. The Hall–Kier alpha value is -0.830. The van der Waals surface area contributed by atoms with Crippen molar-refractivity contribution < 1.29 is 0 Å². The van der Waals surface area contributed by atoms with Gasteiger partial charge in [-0.3, -0.25) is 4.68 Å². The van der Waals surface area contributed by atoms with Crippen LogP contribution in [0.3, 0.4) is 0 Å². The summed E-state index contributed by atoms with van der Waals surface area (Å²) < 4.78 is 2.03. The van der Waals surface area contributed by atoms with Gasteiger partial charge < -0.3 is 5.32 Å². The molecular weight excluding hydrogens is 198 g/mol. The first kappa shape index (κ1) is 13.2. The molecule has 1 rings (SSSR count). The summed E-state index contributed by atoms with van der Waals surface area (Å²) in [6.45, 7) is 8.81. The molecule has 0 saturated heterocycles. The molecule has 3 nitrogen and oxygen atoms in total. The van der Waals surface area contributed by atoms with E-state index < -0.39 is 0 Å². The van der Waals surface area contributed by atoms with Gasteiger partial charge in [-0.05, 0) is 44.3 Å². The van der Waals surface area contributed by atoms with Gasteiger partial charge in [0.25, 0.3) is 0 Å². The minimum absolute atomic E-state index is 0.721. The maximum Gasteiger partial charge on any atom is 0.0624 e. The second-order valence-electron chi connectivity index (χ2n) is 4.56. The van der Waals surface area contributed by atoms with E-state index in [4.69, 9.17) is 0 Å². The minimum Gasteiger partial charge on any atom is -0.317 e. The Balaban J connectivity index is 2.42. The van der Waals surface area contributed by atoms with E-state index in [0.717, 1.165) is 31.8 Å². The largest absolute Gasteiger partial charge is 0.317 e. The summed E-state index contributed by atoms with van der Waals surface area (Å²) in [5, 5.41) is 7.85. The molecule has 0 bridgehead atoms. The Morgan fingerprint density at radius 1 is 1.44 bits per heavy atom. The van der Waals surface area contributed by atoms with E-state index in [1.165, 1.54) is 17.8 Å². The molecule has 1 atom stereocenters. The van der Waals surface area contributed by atoms with E-state index in [1.807, 2.05) is 11.7 Å². The third kappa shape index (κ3) is 3.97.